The molecule has 0 unspecified atom stereocenters. The topological polar surface area (TPSA) is 127 Å². The van der Waals surface area contributed by atoms with Gasteiger partial charge in [-0.2, -0.15) is 5.10 Å². The molecule has 0 aliphatic heterocycles. The first-order valence-corrected chi connectivity index (χ1v) is 11.6. The molecule has 32 heavy (non-hydrogen) atoms. The second-order valence-electron chi connectivity index (χ2n) is 7.73. The summed E-state index contributed by atoms with van der Waals surface area (Å²) < 4.78 is 41.5. The van der Waals surface area contributed by atoms with Crippen LogP contribution >= 0.6 is 11.6 Å². The highest BCUT2D eigenvalue weighted by atomic mass is 35.5. The molecule has 1 aliphatic carbocycles. The maximum Gasteiger partial charge on any atom is 0.362 e. The van der Waals surface area contributed by atoms with Gasteiger partial charge in [0.2, 0.25) is 9.84 Å². The lowest BCUT2D eigenvalue weighted by molar-refractivity contribution is 0.162. The van der Waals surface area contributed by atoms with Crippen molar-refractivity contribution in [2.45, 2.75) is 35.3 Å². The molecule has 0 saturated heterocycles. The molecular formula is C20H16ClFN4O5S. The zero-order chi connectivity index (χ0) is 22.8. The molecule has 1 fully saturated rings. The molecule has 0 spiro atoms. The second-order valence-corrected chi connectivity index (χ2v) is 10.1. The van der Waals surface area contributed by atoms with E-state index in [9.17, 15) is 27.6 Å². The van der Waals surface area contributed by atoms with Gasteiger partial charge >= 0.3 is 5.69 Å². The van der Waals surface area contributed by atoms with E-state index in [2.05, 4.69) is 10.1 Å². The Kier molecular flexibility index (Phi) is 4.64. The van der Waals surface area contributed by atoms with Gasteiger partial charge in [0.05, 0.1) is 37.4 Å². The Hall–Kier alpha value is -3.18. The highest BCUT2D eigenvalue weighted by molar-refractivity contribution is 7.91. The number of benzene rings is 2. The number of hydrogen-bond acceptors (Lipinski definition) is 6. The summed E-state index contributed by atoms with van der Waals surface area (Å²) in [4.78, 5) is 26.0. The number of H-pyrrole nitrogens is 1. The Morgan fingerprint density at radius 3 is 2.72 bits per heavy atom. The quantitative estimate of drug-likeness (QED) is 0.424. The normalized spacial score (nSPS) is 18.4. The van der Waals surface area contributed by atoms with Crippen LogP contribution in [0.15, 0.2) is 55.9 Å². The van der Waals surface area contributed by atoms with Crippen molar-refractivity contribution in [2.24, 2.45) is 5.92 Å². The summed E-state index contributed by atoms with van der Waals surface area (Å²) in [6, 6.07) is 6.84. The monoisotopic (exact) mass is 478 g/mol. The first kappa shape index (κ1) is 20.7. The average molecular weight is 479 g/mol. The standard InChI is InChI=1S/C20H16ClFN4O5S/c21-13-3-4-16(18-17(13)19(27)26(29)20(28)24-18)32(30,31)12-2-1-11-9-23-25(15(11)8-12)6-5-10-7-14(10)22/h1-4,8-10,14,29H,5-7H2,(H,24,28)/t10-,14-/m0/s1. The lowest BCUT2D eigenvalue weighted by Crippen LogP contribution is -2.33. The fourth-order valence-corrected chi connectivity index (χ4v) is 5.47. The molecule has 4 aromatic rings. The second kappa shape index (κ2) is 7.17. The minimum absolute atomic E-state index is 0.00833. The van der Waals surface area contributed by atoms with Gasteiger partial charge in [-0.15, -0.1) is 0 Å². The van der Waals surface area contributed by atoms with E-state index < -0.39 is 27.3 Å². The number of aromatic amines is 1. The van der Waals surface area contributed by atoms with Crippen molar-refractivity contribution in [1.29, 1.82) is 0 Å². The number of alkyl halides is 1. The van der Waals surface area contributed by atoms with Crippen LogP contribution in [0.3, 0.4) is 0 Å². The number of rotatable bonds is 5. The van der Waals surface area contributed by atoms with Crippen molar-refractivity contribution in [2.75, 3.05) is 0 Å². The number of aromatic nitrogens is 4. The van der Waals surface area contributed by atoms with E-state index in [1.54, 1.807) is 16.9 Å². The third kappa shape index (κ3) is 3.19. The lowest BCUT2D eigenvalue weighted by Gasteiger charge is -2.10. The SMILES string of the molecule is O=c1[nH]c2c(S(=O)(=O)c3ccc4cnn(CC[C@H]5C[C@@H]5F)c4c3)ccc(Cl)c2c(=O)n1O. The Bertz CT molecular complexity index is 1630. The van der Waals surface area contributed by atoms with Crippen LogP contribution in [-0.2, 0) is 16.4 Å². The number of hydrogen-bond donors (Lipinski definition) is 2. The van der Waals surface area contributed by atoms with Gasteiger partial charge in [-0.25, -0.2) is 17.6 Å². The molecule has 2 aromatic carbocycles. The Labute approximate surface area is 184 Å². The maximum atomic E-state index is 13.4. The van der Waals surface area contributed by atoms with E-state index in [0.29, 0.717) is 30.3 Å². The fraction of sp³-hybridized carbons (Fsp3) is 0.250. The molecular weight excluding hydrogens is 463 g/mol. The van der Waals surface area contributed by atoms with E-state index in [-0.39, 0.29) is 36.4 Å². The van der Waals surface area contributed by atoms with Gasteiger partial charge in [0.1, 0.15) is 6.17 Å². The van der Waals surface area contributed by atoms with Gasteiger partial charge in [-0.05, 0) is 49.1 Å². The van der Waals surface area contributed by atoms with Gasteiger partial charge in [-0.3, -0.25) is 9.48 Å². The lowest BCUT2D eigenvalue weighted by atomic mass is 10.2. The zero-order valence-electron chi connectivity index (χ0n) is 16.3. The average Bonchev–Trinajstić information content (AvgIpc) is 3.31. The van der Waals surface area contributed by atoms with Gasteiger partial charge < -0.3 is 10.2 Å². The van der Waals surface area contributed by atoms with E-state index in [1.165, 1.54) is 24.3 Å². The van der Waals surface area contributed by atoms with Crippen LogP contribution in [0.25, 0.3) is 21.8 Å². The van der Waals surface area contributed by atoms with Crippen LogP contribution in [0.5, 0.6) is 0 Å². The van der Waals surface area contributed by atoms with Crippen LogP contribution in [0.2, 0.25) is 5.02 Å². The molecule has 0 radical (unpaired) electrons. The zero-order valence-corrected chi connectivity index (χ0v) is 17.9. The molecule has 1 saturated carbocycles. The summed E-state index contributed by atoms with van der Waals surface area (Å²) in [6.45, 7) is 0.450. The first-order valence-electron chi connectivity index (χ1n) is 9.70. The van der Waals surface area contributed by atoms with Crippen molar-refractivity contribution < 1.29 is 18.0 Å². The molecule has 2 atom stereocenters. The first-order chi connectivity index (χ1) is 15.2. The fourth-order valence-electron chi connectivity index (χ4n) is 3.79. The molecule has 12 heteroatoms. The van der Waals surface area contributed by atoms with Crippen molar-refractivity contribution in [3.05, 3.63) is 62.4 Å². The summed E-state index contributed by atoms with van der Waals surface area (Å²) >= 11 is 6.03. The summed E-state index contributed by atoms with van der Waals surface area (Å²) in [7, 11) is -4.20. The number of fused-ring (bicyclic) bond motifs is 2. The van der Waals surface area contributed by atoms with Crippen LogP contribution in [0, 0.1) is 5.92 Å². The third-order valence-electron chi connectivity index (χ3n) is 5.71. The predicted molar refractivity (Wildman–Crippen MR) is 114 cm³/mol. The molecule has 166 valence electrons. The van der Waals surface area contributed by atoms with Crippen LogP contribution in [0.4, 0.5) is 4.39 Å². The summed E-state index contributed by atoms with van der Waals surface area (Å²) in [5.74, 6) is 0.00833. The smallest absolute Gasteiger partial charge is 0.362 e. The van der Waals surface area contributed by atoms with E-state index in [1.807, 2.05) is 0 Å². The predicted octanol–water partition coefficient (Wildman–Crippen LogP) is 2.51. The molecule has 2 heterocycles. The van der Waals surface area contributed by atoms with Crippen molar-refractivity contribution in [3.8, 4) is 0 Å². The number of sulfone groups is 1. The molecule has 1 aliphatic rings. The summed E-state index contributed by atoms with van der Waals surface area (Å²) in [6.07, 6.45) is 1.96. The molecule has 2 N–H and O–H groups in total. The molecule has 0 amide bonds. The van der Waals surface area contributed by atoms with Crippen LogP contribution in [-0.4, -0.2) is 39.3 Å². The van der Waals surface area contributed by atoms with Crippen molar-refractivity contribution >= 4 is 43.2 Å². The minimum Gasteiger partial charge on any atom is -0.421 e. The van der Waals surface area contributed by atoms with Gasteiger partial charge in [0, 0.05) is 11.9 Å². The minimum atomic E-state index is -4.20. The van der Waals surface area contributed by atoms with Gasteiger partial charge in [0.15, 0.2) is 0 Å². The Balaban J connectivity index is 1.65. The Morgan fingerprint density at radius 2 is 2.00 bits per heavy atom. The maximum absolute atomic E-state index is 13.4. The highest BCUT2D eigenvalue weighted by Gasteiger charge is 2.36. The third-order valence-corrected chi connectivity index (χ3v) is 7.82. The largest absolute Gasteiger partial charge is 0.421 e. The van der Waals surface area contributed by atoms with E-state index in [0.717, 1.165) is 0 Å². The van der Waals surface area contributed by atoms with E-state index in [4.69, 9.17) is 11.6 Å². The van der Waals surface area contributed by atoms with Gasteiger partial charge in [-0.1, -0.05) is 16.3 Å². The molecule has 5 rings (SSSR count). The van der Waals surface area contributed by atoms with Crippen LogP contribution < -0.4 is 11.2 Å². The van der Waals surface area contributed by atoms with Crippen molar-refractivity contribution in [3.63, 3.8) is 0 Å². The number of aryl methyl sites for hydroxylation is 1. The summed E-state index contributed by atoms with van der Waals surface area (Å²) in [5.41, 5.74) is -2.06. The van der Waals surface area contributed by atoms with E-state index >= 15 is 0 Å². The van der Waals surface area contributed by atoms with Gasteiger partial charge in [0.25, 0.3) is 5.56 Å². The number of halogens is 2. The summed E-state index contributed by atoms with van der Waals surface area (Å²) in [5, 5.41) is 14.1. The number of nitrogens with one attached hydrogen (secondary N) is 1. The highest BCUT2D eigenvalue weighted by Crippen LogP contribution is 2.37. The molecule has 0 bridgehead atoms. The van der Waals surface area contributed by atoms with Crippen LogP contribution in [0.1, 0.15) is 12.8 Å². The van der Waals surface area contributed by atoms with Crippen molar-refractivity contribution in [1.82, 2.24) is 19.5 Å². The molecule has 9 nitrogen and oxygen atoms in total. The number of nitrogens with zero attached hydrogens (tertiary/aromatic N) is 3. The Morgan fingerprint density at radius 1 is 1.25 bits per heavy atom. The molecule has 2 aromatic heterocycles.